The van der Waals surface area contributed by atoms with Crippen molar-refractivity contribution in [3.63, 3.8) is 0 Å². The smallest absolute Gasteiger partial charge is 0.475 e. The van der Waals surface area contributed by atoms with Gasteiger partial charge in [-0.1, -0.05) is 0 Å². The van der Waals surface area contributed by atoms with Gasteiger partial charge in [0.25, 0.3) is 5.91 Å². The van der Waals surface area contributed by atoms with Crippen LogP contribution in [0.5, 0.6) is 0 Å². The van der Waals surface area contributed by atoms with Crippen LogP contribution in [-0.4, -0.2) is 102 Å². The number of rotatable bonds is 2. The Morgan fingerprint density at radius 2 is 1.75 bits per heavy atom. The molecule has 11 heteroatoms. The number of carboxylic acids is 1. The number of aryl methyl sites for hydroxylation is 1. The summed E-state index contributed by atoms with van der Waals surface area (Å²) in [6, 6.07) is 2.60. The number of piperidine rings is 1. The van der Waals surface area contributed by atoms with Crippen LogP contribution < -0.4 is 0 Å². The molecule has 0 aliphatic carbocycles. The topological polar surface area (TPSA) is 73.3 Å². The second kappa shape index (κ2) is 10.1. The number of hydrogen-bond acceptors (Lipinski definition) is 6. The fourth-order valence-corrected chi connectivity index (χ4v) is 5.34. The van der Waals surface area contributed by atoms with Crippen molar-refractivity contribution in [2.45, 2.75) is 44.0 Å². The molecular formula is C21H30F3N3O4S. The van der Waals surface area contributed by atoms with Gasteiger partial charge in [-0.2, -0.15) is 13.2 Å². The number of likely N-dealkylation sites (tertiary alicyclic amines) is 1. The molecule has 3 aliphatic heterocycles. The lowest BCUT2D eigenvalue weighted by Gasteiger charge is -2.40. The third-order valence-electron chi connectivity index (χ3n) is 6.50. The van der Waals surface area contributed by atoms with Crippen molar-refractivity contribution in [3.05, 3.63) is 21.9 Å². The molecule has 4 heterocycles. The monoisotopic (exact) mass is 477 g/mol. The van der Waals surface area contributed by atoms with Gasteiger partial charge in [0, 0.05) is 45.3 Å². The van der Waals surface area contributed by atoms with Crippen LogP contribution in [0.2, 0.25) is 0 Å². The van der Waals surface area contributed by atoms with E-state index < -0.39 is 12.1 Å². The lowest BCUT2D eigenvalue weighted by Crippen LogP contribution is -2.50. The number of carboxylic acid groups (broad SMARTS) is 1. The minimum absolute atomic E-state index is 0.00922. The zero-order valence-electron chi connectivity index (χ0n) is 18.4. The Balaban J connectivity index is 0.000000360. The number of halogens is 3. The van der Waals surface area contributed by atoms with Crippen LogP contribution >= 0.6 is 11.3 Å². The van der Waals surface area contributed by atoms with Gasteiger partial charge in [-0.3, -0.25) is 9.69 Å². The highest BCUT2D eigenvalue weighted by molar-refractivity contribution is 7.12. The molecule has 1 spiro atoms. The number of likely N-dealkylation sites (N-methyl/N-ethyl adjacent to an activating group) is 1. The van der Waals surface area contributed by atoms with Crippen LogP contribution in [0, 0.1) is 6.92 Å². The first-order valence-electron chi connectivity index (χ1n) is 10.7. The van der Waals surface area contributed by atoms with Gasteiger partial charge in [0.15, 0.2) is 0 Å². The molecule has 1 unspecified atom stereocenters. The molecule has 1 atom stereocenters. The van der Waals surface area contributed by atoms with Crippen LogP contribution in [0.25, 0.3) is 0 Å². The minimum Gasteiger partial charge on any atom is -0.475 e. The quantitative estimate of drug-likeness (QED) is 0.706. The largest absolute Gasteiger partial charge is 0.490 e. The number of aliphatic carboxylic acids is 1. The molecule has 1 amide bonds. The number of alkyl halides is 3. The van der Waals surface area contributed by atoms with Gasteiger partial charge >= 0.3 is 12.1 Å². The fraction of sp³-hybridized carbons (Fsp3) is 0.714. The second-order valence-electron chi connectivity index (χ2n) is 8.72. The summed E-state index contributed by atoms with van der Waals surface area (Å²) in [6.07, 6.45) is -1.99. The second-order valence-corrected chi connectivity index (χ2v) is 9.64. The summed E-state index contributed by atoms with van der Waals surface area (Å²) < 4.78 is 38.1. The van der Waals surface area contributed by atoms with E-state index in [0.717, 1.165) is 75.6 Å². The Morgan fingerprint density at radius 1 is 1.16 bits per heavy atom. The van der Waals surface area contributed by atoms with Crippen molar-refractivity contribution in [1.82, 2.24) is 14.7 Å². The van der Waals surface area contributed by atoms with Gasteiger partial charge in [-0.05, 0) is 50.2 Å². The molecule has 1 N–H and O–H groups in total. The Labute approximate surface area is 189 Å². The molecule has 180 valence electrons. The zero-order valence-corrected chi connectivity index (χ0v) is 19.2. The maximum absolute atomic E-state index is 12.7. The van der Waals surface area contributed by atoms with E-state index in [1.807, 2.05) is 23.3 Å². The number of hydrogen-bond donors (Lipinski definition) is 1. The standard InChI is InChI=1S/C19H29N3O2S.C2HF3O2/c1-15-3-12-25-17(15)18(23)22-6-4-19(5-7-22)13-16(14-24-19)21-10-8-20(2)9-11-21;3-2(4,5)1(6)7/h3,12,16H,4-11,13-14H2,1-2H3;(H,6,7). The number of carbonyl (C=O) groups excluding carboxylic acids is 1. The summed E-state index contributed by atoms with van der Waals surface area (Å²) in [5.74, 6) is -2.55. The Morgan fingerprint density at radius 3 is 2.25 bits per heavy atom. The summed E-state index contributed by atoms with van der Waals surface area (Å²) >= 11 is 1.56. The van der Waals surface area contributed by atoms with Crippen LogP contribution in [0.15, 0.2) is 11.4 Å². The van der Waals surface area contributed by atoms with Gasteiger partial charge in [-0.15, -0.1) is 11.3 Å². The van der Waals surface area contributed by atoms with Gasteiger partial charge < -0.3 is 19.6 Å². The SMILES string of the molecule is Cc1ccsc1C(=O)N1CCC2(CC1)CC(N1CCN(C)CC1)CO2.O=C(O)C(F)(F)F. The molecule has 1 aromatic rings. The molecule has 0 radical (unpaired) electrons. The summed E-state index contributed by atoms with van der Waals surface area (Å²) in [5.41, 5.74) is 1.11. The lowest BCUT2D eigenvalue weighted by atomic mass is 9.87. The summed E-state index contributed by atoms with van der Waals surface area (Å²) in [4.78, 5) is 29.5. The third kappa shape index (κ3) is 6.00. The van der Waals surface area contributed by atoms with Crippen molar-refractivity contribution in [1.29, 1.82) is 0 Å². The number of ether oxygens (including phenoxy) is 1. The fourth-order valence-electron chi connectivity index (χ4n) is 4.44. The molecule has 4 rings (SSSR count). The first kappa shape index (κ1) is 24.9. The van der Waals surface area contributed by atoms with Crippen LogP contribution in [0.1, 0.15) is 34.5 Å². The first-order valence-corrected chi connectivity index (χ1v) is 11.6. The molecule has 1 aromatic heterocycles. The van der Waals surface area contributed by atoms with Crippen molar-refractivity contribution in [2.75, 3.05) is 52.9 Å². The van der Waals surface area contributed by atoms with Crippen molar-refractivity contribution in [3.8, 4) is 0 Å². The number of piperazine rings is 1. The van der Waals surface area contributed by atoms with E-state index in [1.54, 1.807) is 11.3 Å². The van der Waals surface area contributed by atoms with Crippen LogP contribution in [-0.2, 0) is 9.53 Å². The summed E-state index contributed by atoms with van der Waals surface area (Å²) in [7, 11) is 2.20. The van der Waals surface area contributed by atoms with Gasteiger partial charge in [0.2, 0.25) is 0 Å². The normalized spacial score (nSPS) is 24.3. The Hall–Kier alpha value is -1.69. The molecule has 3 saturated heterocycles. The summed E-state index contributed by atoms with van der Waals surface area (Å²) in [5, 5.41) is 9.13. The van der Waals surface area contributed by atoms with E-state index in [0.29, 0.717) is 6.04 Å². The van der Waals surface area contributed by atoms with Crippen molar-refractivity contribution in [2.24, 2.45) is 0 Å². The van der Waals surface area contributed by atoms with Crippen molar-refractivity contribution >= 4 is 23.2 Å². The average Bonchev–Trinajstić information content (AvgIpc) is 3.35. The van der Waals surface area contributed by atoms with E-state index in [9.17, 15) is 18.0 Å². The van der Waals surface area contributed by atoms with Crippen LogP contribution in [0.3, 0.4) is 0 Å². The van der Waals surface area contributed by atoms with E-state index >= 15 is 0 Å². The molecule has 3 aliphatic rings. The molecule has 0 aromatic carbocycles. The number of nitrogens with zero attached hydrogens (tertiary/aromatic N) is 3. The summed E-state index contributed by atoms with van der Waals surface area (Å²) in [6.45, 7) is 9.17. The number of thiophene rings is 1. The maximum atomic E-state index is 12.7. The number of amides is 1. The molecule has 0 saturated carbocycles. The third-order valence-corrected chi connectivity index (χ3v) is 7.51. The Bertz CT molecular complexity index is 800. The molecule has 3 fully saturated rings. The molecule has 7 nitrogen and oxygen atoms in total. The first-order chi connectivity index (χ1) is 15.0. The van der Waals surface area contributed by atoms with E-state index in [2.05, 4.69) is 16.8 Å². The lowest BCUT2D eigenvalue weighted by molar-refractivity contribution is -0.192. The predicted molar refractivity (Wildman–Crippen MR) is 114 cm³/mol. The highest BCUT2D eigenvalue weighted by atomic mass is 32.1. The van der Waals surface area contributed by atoms with Gasteiger partial charge in [-0.25, -0.2) is 4.79 Å². The van der Waals surface area contributed by atoms with Crippen LogP contribution in [0.4, 0.5) is 13.2 Å². The molecule has 32 heavy (non-hydrogen) atoms. The number of carbonyl (C=O) groups is 2. The van der Waals surface area contributed by atoms with Crippen molar-refractivity contribution < 1.29 is 32.6 Å². The predicted octanol–water partition coefficient (Wildman–Crippen LogP) is 2.70. The van der Waals surface area contributed by atoms with Gasteiger partial charge in [0.05, 0.1) is 17.1 Å². The highest BCUT2D eigenvalue weighted by Gasteiger charge is 2.45. The maximum Gasteiger partial charge on any atom is 0.490 e. The van der Waals surface area contributed by atoms with E-state index in [-0.39, 0.29) is 11.5 Å². The zero-order chi connectivity index (χ0) is 23.5. The van der Waals surface area contributed by atoms with Gasteiger partial charge in [0.1, 0.15) is 0 Å². The average molecular weight is 478 g/mol. The Kier molecular flexibility index (Phi) is 7.85. The minimum atomic E-state index is -5.08. The molecule has 0 bridgehead atoms. The highest BCUT2D eigenvalue weighted by Crippen LogP contribution is 2.38. The van der Waals surface area contributed by atoms with E-state index in [4.69, 9.17) is 14.6 Å². The van der Waals surface area contributed by atoms with E-state index in [1.165, 1.54) is 0 Å². The molecular weight excluding hydrogens is 447 g/mol.